The van der Waals surface area contributed by atoms with Crippen LogP contribution in [0, 0.1) is 6.92 Å². The van der Waals surface area contributed by atoms with Crippen LogP contribution in [0.3, 0.4) is 0 Å². The van der Waals surface area contributed by atoms with E-state index >= 15 is 0 Å². The fourth-order valence-electron chi connectivity index (χ4n) is 4.68. The summed E-state index contributed by atoms with van der Waals surface area (Å²) in [5, 5.41) is 9.47. The van der Waals surface area contributed by atoms with Crippen molar-refractivity contribution in [1.29, 1.82) is 0 Å². The Morgan fingerprint density at radius 3 is 2.12 bits per heavy atom. The number of hydrogen-bond acceptors (Lipinski definition) is 10. The minimum Gasteiger partial charge on any atom is -0.497 e. The number of nitrogens with zero attached hydrogens (tertiary/aromatic N) is 3. The first-order chi connectivity index (χ1) is 19.4. The Morgan fingerprint density at radius 1 is 0.850 bits per heavy atom. The minimum absolute atomic E-state index is 0.0362. The number of aryl methyl sites for hydroxylation is 1. The minimum atomic E-state index is -0.958. The molecule has 1 aromatic heterocycles. The molecule has 0 fully saturated rings. The van der Waals surface area contributed by atoms with Gasteiger partial charge in [0.25, 0.3) is 0 Å². The number of methoxy groups -OCH3 is 5. The second-order valence-corrected chi connectivity index (χ2v) is 10.4. The van der Waals surface area contributed by atoms with Crippen LogP contribution in [-0.2, 0) is 4.87 Å². The standard InChI is InChI=1S/C29H30N4O6S/c1-17-7-9-18(10-8-17)22(34)16-29(21-12-11-20(35-2)15-23(21)36-3)32-33-27(30-31-28(33)40-29)19-13-24(37-4)26(39-6)25(14-19)38-5/h7-15,32H,16H2,1-6H3. The molecule has 0 radical (unpaired) electrons. The van der Waals surface area contributed by atoms with Crippen LogP contribution in [-0.4, -0.2) is 56.2 Å². The van der Waals surface area contributed by atoms with E-state index in [-0.39, 0.29) is 12.2 Å². The van der Waals surface area contributed by atoms with Gasteiger partial charge in [0.1, 0.15) is 16.4 Å². The van der Waals surface area contributed by atoms with Gasteiger partial charge in [-0.15, -0.1) is 10.2 Å². The van der Waals surface area contributed by atoms with Gasteiger partial charge in [0.2, 0.25) is 10.9 Å². The molecular formula is C29H30N4O6S. The lowest BCUT2D eigenvalue weighted by Gasteiger charge is -2.30. The second kappa shape index (κ2) is 11.0. The van der Waals surface area contributed by atoms with Crippen LogP contribution in [0.15, 0.2) is 59.8 Å². The Morgan fingerprint density at radius 2 is 1.52 bits per heavy atom. The number of ether oxygens (including phenoxy) is 5. The predicted molar refractivity (Wildman–Crippen MR) is 152 cm³/mol. The van der Waals surface area contributed by atoms with E-state index < -0.39 is 4.87 Å². The molecule has 0 bridgehead atoms. The predicted octanol–water partition coefficient (Wildman–Crippen LogP) is 5.07. The van der Waals surface area contributed by atoms with E-state index in [9.17, 15) is 4.79 Å². The van der Waals surface area contributed by atoms with Crippen molar-refractivity contribution in [2.24, 2.45) is 0 Å². The molecule has 2 heterocycles. The monoisotopic (exact) mass is 562 g/mol. The topological polar surface area (TPSA) is 106 Å². The SMILES string of the molecule is COc1ccc(C2(CC(=O)c3ccc(C)cc3)Nn3c(nnc3-c3cc(OC)c(OC)c(OC)c3)S2)c(OC)c1. The smallest absolute Gasteiger partial charge is 0.212 e. The van der Waals surface area contributed by atoms with Crippen molar-refractivity contribution in [3.8, 4) is 40.1 Å². The number of thioether (sulfide) groups is 1. The van der Waals surface area contributed by atoms with Gasteiger partial charge in [-0.25, -0.2) is 4.68 Å². The van der Waals surface area contributed by atoms with Gasteiger partial charge in [-0.3, -0.25) is 4.79 Å². The molecule has 0 saturated heterocycles. The highest BCUT2D eigenvalue weighted by atomic mass is 32.2. The molecule has 0 spiro atoms. The van der Waals surface area contributed by atoms with Gasteiger partial charge in [0, 0.05) is 29.2 Å². The van der Waals surface area contributed by atoms with E-state index in [4.69, 9.17) is 23.7 Å². The maximum Gasteiger partial charge on any atom is 0.212 e. The van der Waals surface area contributed by atoms with Crippen molar-refractivity contribution in [3.63, 3.8) is 0 Å². The van der Waals surface area contributed by atoms with E-state index in [1.165, 1.54) is 11.8 Å². The van der Waals surface area contributed by atoms with Crippen LogP contribution in [0.5, 0.6) is 28.7 Å². The van der Waals surface area contributed by atoms with Gasteiger partial charge in [0.15, 0.2) is 23.1 Å². The van der Waals surface area contributed by atoms with E-state index in [2.05, 4.69) is 15.6 Å². The lowest BCUT2D eigenvalue weighted by atomic mass is 9.96. The zero-order valence-corrected chi connectivity index (χ0v) is 23.9. The average molecular weight is 563 g/mol. The maximum absolute atomic E-state index is 13.7. The third-order valence-corrected chi connectivity index (χ3v) is 7.99. The van der Waals surface area contributed by atoms with Crippen molar-refractivity contribution in [2.75, 3.05) is 41.0 Å². The first kappa shape index (κ1) is 27.2. The van der Waals surface area contributed by atoms with Crippen LogP contribution in [0.25, 0.3) is 11.4 Å². The lowest BCUT2D eigenvalue weighted by molar-refractivity contribution is 0.0970. The third kappa shape index (κ3) is 4.77. The summed E-state index contributed by atoms with van der Waals surface area (Å²) in [6, 6.07) is 16.7. The summed E-state index contributed by atoms with van der Waals surface area (Å²) in [6.07, 6.45) is 0.113. The summed E-state index contributed by atoms with van der Waals surface area (Å²) < 4.78 is 29.5. The Bertz CT molecular complexity index is 1530. The number of hydrogen-bond donors (Lipinski definition) is 1. The van der Waals surface area contributed by atoms with Crippen molar-refractivity contribution in [3.05, 3.63) is 71.3 Å². The first-order valence-corrected chi connectivity index (χ1v) is 13.2. The zero-order valence-electron chi connectivity index (χ0n) is 23.1. The molecule has 1 unspecified atom stereocenters. The van der Waals surface area contributed by atoms with E-state index in [1.807, 2.05) is 43.3 Å². The largest absolute Gasteiger partial charge is 0.497 e. The number of ketones is 1. The van der Waals surface area contributed by atoms with Gasteiger partial charge >= 0.3 is 0 Å². The number of Topliss-reactive ketones (excluding diaryl/α,β-unsaturated/α-hetero) is 1. The highest BCUT2D eigenvalue weighted by Crippen LogP contribution is 2.52. The number of benzene rings is 3. The van der Waals surface area contributed by atoms with Crippen LogP contribution in [0.4, 0.5) is 0 Å². The highest BCUT2D eigenvalue weighted by molar-refractivity contribution is 8.00. The molecule has 0 saturated carbocycles. The summed E-state index contributed by atoms with van der Waals surface area (Å²) in [6.45, 7) is 1.99. The molecular weight excluding hydrogens is 532 g/mol. The number of carbonyl (C=O) groups excluding carboxylic acids is 1. The molecule has 3 aromatic carbocycles. The summed E-state index contributed by atoms with van der Waals surface area (Å²) in [7, 11) is 7.85. The average Bonchev–Trinajstić information content (AvgIpc) is 3.54. The summed E-state index contributed by atoms with van der Waals surface area (Å²) in [5.74, 6) is 3.13. The molecule has 208 valence electrons. The Kier molecular flexibility index (Phi) is 7.49. The zero-order chi connectivity index (χ0) is 28.4. The Balaban J connectivity index is 1.61. The number of fused-ring (bicyclic) bond motifs is 1. The van der Waals surface area contributed by atoms with Crippen molar-refractivity contribution >= 4 is 17.5 Å². The molecule has 0 aliphatic carbocycles. The van der Waals surface area contributed by atoms with Gasteiger partial charge in [-0.2, -0.15) is 0 Å². The Labute approximate surface area is 236 Å². The highest BCUT2D eigenvalue weighted by Gasteiger charge is 2.46. The summed E-state index contributed by atoms with van der Waals surface area (Å²) >= 11 is 1.40. The van der Waals surface area contributed by atoms with Crippen LogP contribution < -0.4 is 29.1 Å². The summed E-state index contributed by atoms with van der Waals surface area (Å²) in [5.41, 5.74) is 6.69. The second-order valence-electron chi connectivity index (χ2n) is 9.13. The molecule has 1 aliphatic heterocycles. The Hall–Kier alpha value is -4.38. The molecule has 1 aliphatic rings. The molecule has 4 aromatic rings. The molecule has 5 rings (SSSR count). The number of rotatable bonds is 10. The molecule has 10 nitrogen and oxygen atoms in total. The first-order valence-electron chi connectivity index (χ1n) is 12.4. The van der Waals surface area contributed by atoms with Gasteiger partial charge in [0.05, 0.1) is 35.5 Å². The maximum atomic E-state index is 13.7. The molecule has 11 heteroatoms. The van der Waals surface area contributed by atoms with Crippen molar-refractivity contribution in [2.45, 2.75) is 23.4 Å². The van der Waals surface area contributed by atoms with Crippen molar-refractivity contribution < 1.29 is 28.5 Å². The van der Waals surface area contributed by atoms with Crippen LogP contribution in [0.1, 0.15) is 27.9 Å². The lowest BCUT2D eigenvalue weighted by Crippen LogP contribution is -2.36. The summed E-state index contributed by atoms with van der Waals surface area (Å²) in [4.78, 5) is 12.7. The van der Waals surface area contributed by atoms with Crippen LogP contribution >= 0.6 is 11.8 Å². The van der Waals surface area contributed by atoms with Gasteiger partial charge < -0.3 is 29.1 Å². The quantitative estimate of drug-likeness (QED) is 0.263. The molecule has 0 amide bonds. The fraction of sp³-hybridized carbons (Fsp3) is 0.276. The van der Waals surface area contributed by atoms with Gasteiger partial charge in [-0.05, 0) is 43.0 Å². The molecule has 40 heavy (non-hydrogen) atoms. The fourth-order valence-corrected chi connectivity index (χ4v) is 5.91. The normalized spacial score (nSPS) is 15.7. The van der Waals surface area contributed by atoms with Crippen LogP contribution in [0.2, 0.25) is 0 Å². The van der Waals surface area contributed by atoms with E-state index in [1.54, 1.807) is 58.4 Å². The number of nitrogens with one attached hydrogen (secondary N) is 1. The van der Waals surface area contributed by atoms with E-state index in [0.29, 0.717) is 50.9 Å². The number of carbonyl (C=O) groups is 1. The molecule has 1 N–H and O–H groups in total. The molecule has 1 atom stereocenters. The van der Waals surface area contributed by atoms with E-state index in [0.717, 1.165) is 11.1 Å². The van der Waals surface area contributed by atoms with Gasteiger partial charge in [-0.1, -0.05) is 29.8 Å². The van der Waals surface area contributed by atoms with Crippen molar-refractivity contribution in [1.82, 2.24) is 14.9 Å². The third-order valence-electron chi connectivity index (χ3n) is 6.74. The number of aromatic nitrogens is 3.